The molecule has 78 valence electrons. The Labute approximate surface area is 96.8 Å². The summed E-state index contributed by atoms with van der Waals surface area (Å²) >= 11 is 2.04. The van der Waals surface area contributed by atoms with E-state index >= 15 is 0 Å². The lowest BCUT2D eigenvalue weighted by molar-refractivity contribution is 0.0525. The van der Waals surface area contributed by atoms with Crippen LogP contribution in [0.25, 0.3) is 0 Å². The van der Waals surface area contributed by atoms with Crippen molar-refractivity contribution in [3.8, 4) is 0 Å². The van der Waals surface area contributed by atoms with E-state index in [-0.39, 0.29) is 5.97 Å². The van der Waals surface area contributed by atoms with Crippen LogP contribution in [0.3, 0.4) is 0 Å². The highest BCUT2D eigenvalue weighted by Gasteiger charge is 2.14. The molecule has 4 nitrogen and oxygen atoms in total. The first-order chi connectivity index (χ1) is 6.69. The number of carbonyl (C=O) groups excluding carboxylic acids is 1. The van der Waals surface area contributed by atoms with E-state index in [1.165, 1.54) is 0 Å². The maximum absolute atomic E-state index is 11.4. The summed E-state index contributed by atoms with van der Waals surface area (Å²) in [5, 5.41) is 4.21. The number of esters is 1. The van der Waals surface area contributed by atoms with E-state index in [2.05, 4.69) is 12.0 Å². The first-order valence-corrected chi connectivity index (χ1v) is 5.67. The molecule has 0 amide bonds. The van der Waals surface area contributed by atoms with E-state index in [1.54, 1.807) is 17.8 Å². The van der Waals surface area contributed by atoms with Gasteiger partial charge in [-0.25, -0.2) is 4.79 Å². The molecular formula is C9H13IN2O2. The standard InChI is InChI=1S/C9H13IN2O2/c1-3-5-12-6-7(8(10)11-12)9(13)14-4-2/h6H,3-5H2,1-2H3. The van der Waals surface area contributed by atoms with E-state index < -0.39 is 0 Å². The molecule has 0 saturated carbocycles. The maximum Gasteiger partial charge on any atom is 0.342 e. The average Bonchev–Trinajstić information content (AvgIpc) is 2.48. The highest BCUT2D eigenvalue weighted by Crippen LogP contribution is 2.11. The number of hydrogen-bond acceptors (Lipinski definition) is 3. The Hall–Kier alpha value is -0.590. The number of rotatable bonds is 4. The summed E-state index contributed by atoms with van der Waals surface area (Å²) in [5.74, 6) is -0.292. The Balaban J connectivity index is 2.81. The fourth-order valence-electron chi connectivity index (χ4n) is 1.09. The van der Waals surface area contributed by atoms with Gasteiger partial charge in [-0.15, -0.1) is 0 Å². The van der Waals surface area contributed by atoms with Crippen LogP contribution in [0.4, 0.5) is 0 Å². The van der Waals surface area contributed by atoms with E-state index in [9.17, 15) is 4.79 Å². The van der Waals surface area contributed by atoms with Crippen LogP contribution in [0.2, 0.25) is 0 Å². The number of halogens is 1. The molecule has 0 atom stereocenters. The molecule has 1 aromatic heterocycles. The van der Waals surface area contributed by atoms with Crippen molar-refractivity contribution in [3.63, 3.8) is 0 Å². The Morgan fingerprint density at radius 2 is 2.36 bits per heavy atom. The van der Waals surface area contributed by atoms with Gasteiger partial charge in [0.2, 0.25) is 0 Å². The molecule has 0 aromatic carbocycles. The van der Waals surface area contributed by atoms with Crippen molar-refractivity contribution in [2.24, 2.45) is 0 Å². The lowest BCUT2D eigenvalue weighted by Crippen LogP contribution is -2.04. The molecule has 0 N–H and O–H groups in total. The first kappa shape index (κ1) is 11.5. The molecule has 1 aromatic rings. The van der Waals surface area contributed by atoms with Crippen molar-refractivity contribution >= 4 is 28.6 Å². The van der Waals surface area contributed by atoms with Crippen LogP contribution in [0, 0.1) is 3.70 Å². The predicted octanol–water partition coefficient (Wildman–Crippen LogP) is 2.07. The quantitative estimate of drug-likeness (QED) is 0.632. The second-order valence-electron chi connectivity index (χ2n) is 2.82. The minimum absolute atomic E-state index is 0.292. The Morgan fingerprint density at radius 1 is 1.64 bits per heavy atom. The molecule has 0 fully saturated rings. The molecule has 0 spiro atoms. The zero-order valence-corrected chi connectivity index (χ0v) is 10.4. The number of ether oxygens (including phenoxy) is 1. The molecular weight excluding hydrogens is 295 g/mol. The van der Waals surface area contributed by atoms with Crippen molar-refractivity contribution in [2.45, 2.75) is 26.8 Å². The van der Waals surface area contributed by atoms with Gasteiger partial charge in [0.05, 0.1) is 6.61 Å². The summed E-state index contributed by atoms with van der Waals surface area (Å²) in [7, 11) is 0. The van der Waals surface area contributed by atoms with Crippen molar-refractivity contribution in [1.29, 1.82) is 0 Å². The molecule has 0 bridgehead atoms. The van der Waals surface area contributed by atoms with E-state index in [0.717, 1.165) is 13.0 Å². The third kappa shape index (κ3) is 2.70. The summed E-state index contributed by atoms with van der Waals surface area (Å²) in [6.07, 6.45) is 2.74. The monoisotopic (exact) mass is 308 g/mol. The zero-order valence-electron chi connectivity index (χ0n) is 8.29. The third-order valence-corrected chi connectivity index (χ3v) is 2.46. The normalized spacial score (nSPS) is 10.2. The SMILES string of the molecule is CCCn1cc(C(=O)OCC)c(I)n1. The zero-order chi connectivity index (χ0) is 10.6. The summed E-state index contributed by atoms with van der Waals surface area (Å²) < 4.78 is 7.38. The Morgan fingerprint density at radius 3 is 2.93 bits per heavy atom. The highest BCUT2D eigenvalue weighted by molar-refractivity contribution is 14.1. The van der Waals surface area contributed by atoms with Crippen molar-refractivity contribution < 1.29 is 9.53 Å². The van der Waals surface area contributed by atoms with E-state index in [4.69, 9.17) is 4.74 Å². The second-order valence-corrected chi connectivity index (χ2v) is 3.84. The lowest BCUT2D eigenvalue weighted by atomic mass is 10.4. The van der Waals surface area contributed by atoms with Crippen LogP contribution >= 0.6 is 22.6 Å². The summed E-state index contributed by atoms with van der Waals surface area (Å²) in [5.41, 5.74) is 0.556. The average molecular weight is 308 g/mol. The minimum atomic E-state index is -0.292. The number of aryl methyl sites for hydroxylation is 1. The van der Waals surface area contributed by atoms with Gasteiger partial charge < -0.3 is 4.74 Å². The van der Waals surface area contributed by atoms with Crippen LogP contribution in [-0.2, 0) is 11.3 Å². The van der Waals surface area contributed by atoms with Gasteiger partial charge in [0, 0.05) is 12.7 Å². The topological polar surface area (TPSA) is 44.1 Å². The fourth-order valence-corrected chi connectivity index (χ4v) is 1.72. The molecule has 0 unspecified atom stereocenters. The minimum Gasteiger partial charge on any atom is -0.462 e. The molecule has 1 heterocycles. The number of hydrogen-bond donors (Lipinski definition) is 0. The van der Waals surface area contributed by atoms with Gasteiger partial charge in [0.15, 0.2) is 0 Å². The molecule has 0 aliphatic carbocycles. The van der Waals surface area contributed by atoms with Crippen molar-refractivity contribution in [3.05, 3.63) is 15.5 Å². The lowest BCUT2D eigenvalue weighted by Gasteiger charge is -1.97. The molecule has 5 heteroatoms. The molecule has 0 aliphatic heterocycles. The van der Waals surface area contributed by atoms with E-state index in [1.807, 2.05) is 22.6 Å². The molecule has 0 radical (unpaired) electrons. The molecule has 0 aliphatic rings. The number of aromatic nitrogens is 2. The van der Waals surface area contributed by atoms with Crippen LogP contribution in [0.5, 0.6) is 0 Å². The van der Waals surface area contributed by atoms with Crippen molar-refractivity contribution in [2.75, 3.05) is 6.61 Å². The maximum atomic E-state index is 11.4. The van der Waals surface area contributed by atoms with Gasteiger partial charge in [-0.1, -0.05) is 6.92 Å². The smallest absolute Gasteiger partial charge is 0.342 e. The summed E-state index contributed by atoms with van der Waals surface area (Å²) in [6, 6.07) is 0. The van der Waals surface area contributed by atoms with E-state index in [0.29, 0.717) is 15.9 Å². The fraction of sp³-hybridized carbons (Fsp3) is 0.556. The molecule has 0 saturated heterocycles. The molecule has 14 heavy (non-hydrogen) atoms. The van der Waals surface area contributed by atoms with Crippen LogP contribution in [0.15, 0.2) is 6.20 Å². The Kier molecular flexibility index (Phi) is 4.37. The van der Waals surface area contributed by atoms with Crippen LogP contribution in [0.1, 0.15) is 30.6 Å². The van der Waals surface area contributed by atoms with Gasteiger partial charge in [0.25, 0.3) is 0 Å². The molecule has 1 rings (SSSR count). The summed E-state index contributed by atoms with van der Waals surface area (Å²) in [6.45, 7) is 5.09. The van der Waals surface area contributed by atoms with Crippen LogP contribution in [-0.4, -0.2) is 22.4 Å². The predicted molar refractivity (Wildman–Crippen MR) is 61.2 cm³/mol. The van der Waals surface area contributed by atoms with Gasteiger partial charge in [0.1, 0.15) is 9.26 Å². The van der Waals surface area contributed by atoms with Gasteiger partial charge in [-0.3, -0.25) is 4.68 Å². The van der Waals surface area contributed by atoms with Gasteiger partial charge >= 0.3 is 5.97 Å². The second kappa shape index (κ2) is 5.33. The highest BCUT2D eigenvalue weighted by atomic mass is 127. The first-order valence-electron chi connectivity index (χ1n) is 4.59. The van der Waals surface area contributed by atoms with Gasteiger partial charge in [-0.05, 0) is 35.9 Å². The number of nitrogens with zero attached hydrogens (tertiary/aromatic N) is 2. The Bertz CT molecular complexity index is 323. The largest absolute Gasteiger partial charge is 0.462 e. The third-order valence-electron chi connectivity index (χ3n) is 1.66. The van der Waals surface area contributed by atoms with Gasteiger partial charge in [-0.2, -0.15) is 5.10 Å². The van der Waals surface area contributed by atoms with Crippen molar-refractivity contribution in [1.82, 2.24) is 9.78 Å². The summed E-state index contributed by atoms with van der Waals surface area (Å²) in [4.78, 5) is 11.4. The number of carbonyl (C=O) groups is 1. The van der Waals surface area contributed by atoms with Crippen LogP contribution < -0.4 is 0 Å².